The maximum Gasteiger partial charge on any atom is 0.122 e. The van der Waals surface area contributed by atoms with Crippen LogP contribution in [-0.4, -0.2) is 13.2 Å². The highest BCUT2D eigenvalue weighted by atomic mass is 16.5. The van der Waals surface area contributed by atoms with Crippen molar-refractivity contribution in [3.05, 3.63) is 90.0 Å². The molecule has 0 atom stereocenters. The number of hydrogen-bond acceptors (Lipinski definition) is 3. The summed E-state index contributed by atoms with van der Waals surface area (Å²) in [6, 6.07) is 26.6. The maximum atomic E-state index is 5.80. The molecule has 0 aliphatic heterocycles. The molecule has 0 aliphatic rings. The SMILES string of the molecule is CC(C)c1ccc(CNc2cccc(OCCOc3ccccc3)c2)cc1. The van der Waals surface area contributed by atoms with Gasteiger partial charge in [0.15, 0.2) is 0 Å². The van der Waals surface area contributed by atoms with E-state index in [4.69, 9.17) is 9.47 Å². The van der Waals surface area contributed by atoms with Crippen molar-refractivity contribution < 1.29 is 9.47 Å². The average Bonchev–Trinajstić information content (AvgIpc) is 2.71. The molecule has 27 heavy (non-hydrogen) atoms. The number of ether oxygens (including phenoxy) is 2. The van der Waals surface area contributed by atoms with E-state index in [1.165, 1.54) is 11.1 Å². The minimum absolute atomic E-state index is 0.509. The van der Waals surface area contributed by atoms with Gasteiger partial charge >= 0.3 is 0 Å². The molecular weight excluding hydrogens is 334 g/mol. The molecule has 0 amide bonds. The predicted molar refractivity (Wildman–Crippen MR) is 112 cm³/mol. The van der Waals surface area contributed by atoms with E-state index < -0.39 is 0 Å². The number of nitrogens with one attached hydrogen (secondary N) is 1. The molecular formula is C24H27NO2. The van der Waals surface area contributed by atoms with Gasteiger partial charge in [0.2, 0.25) is 0 Å². The van der Waals surface area contributed by atoms with Gasteiger partial charge in [-0.15, -0.1) is 0 Å². The van der Waals surface area contributed by atoms with Crippen molar-refractivity contribution in [2.45, 2.75) is 26.3 Å². The van der Waals surface area contributed by atoms with Crippen molar-refractivity contribution in [3.63, 3.8) is 0 Å². The third-order valence-electron chi connectivity index (χ3n) is 4.34. The largest absolute Gasteiger partial charge is 0.490 e. The molecule has 0 spiro atoms. The lowest BCUT2D eigenvalue weighted by Gasteiger charge is -2.11. The predicted octanol–water partition coefficient (Wildman–Crippen LogP) is 5.88. The average molecular weight is 361 g/mol. The third kappa shape index (κ3) is 6.07. The molecule has 3 heteroatoms. The summed E-state index contributed by atoms with van der Waals surface area (Å²) in [4.78, 5) is 0. The fraction of sp³-hybridized carbons (Fsp3) is 0.250. The second-order valence-corrected chi connectivity index (χ2v) is 6.79. The number of para-hydroxylation sites is 1. The molecule has 3 rings (SSSR count). The summed E-state index contributed by atoms with van der Waals surface area (Å²) in [5.74, 6) is 2.26. The maximum absolute atomic E-state index is 5.80. The van der Waals surface area contributed by atoms with Crippen molar-refractivity contribution in [3.8, 4) is 11.5 Å². The Kier molecular flexibility index (Phi) is 6.75. The van der Waals surface area contributed by atoms with Gasteiger partial charge < -0.3 is 14.8 Å². The molecule has 0 saturated carbocycles. The Bertz CT molecular complexity index is 813. The summed E-state index contributed by atoms with van der Waals surface area (Å²) in [5.41, 5.74) is 3.68. The fourth-order valence-electron chi connectivity index (χ4n) is 2.76. The van der Waals surface area contributed by atoms with Crippen molar-refractivity contribution in [1.29, 1.82) is 0 Å². The van der Waals surface area contributed by atoms with Gasteiger partial charge in [-0.2, -0.15) is 0 Å². The fourth-order valence-corrected chi connectivity index (χ4v) is 2.76. The quantitative estimate of drug-likeness (QED) is 0.483. The topological polar surface area (TPSA) is 30.5 Å². The molecule has 0 heterocycles. The minimum Gasteiger partial charge on any atom is -0.490 e. The zero-order valence-electron chi connectivity index (χ0n) is 16.0. The van der Waals surface area contributed by atoms with Crippen LogP contribution in [0.4, 0.5) is 5.69 Å². The highest BCUT2D eigenvalue weighted by molar-refractivity contribution is 5.48. The van der Waals surface area contributed by atoms with Gasteiger partial charge in [-0.05, 0) is 41.3 Å². The van der Waals surface area contributed by atoms with E-state index in [1.807, 2.05) is 48.5 Å². The Labute approximate surface area is 162 Å². The van der Waals surface area contributed by atoms with Crippen LogP contribution in [0.15, 0.2) is 78.9 Å². The first-order chi connectivity index (χ1) is 13.2. The lowest BCUT2D eigenvalue weighted by molar-refractivity contribution is 0.217. The second-order valence-electron chi connectivity index (χ2n) is 6.79. The first kappa shape index (κ1) is 18.8. The molecule has 3 nitrogen and oxygen atoms in total. The van der Waals surface area contributed by atoms with E-state index in [1.54, 1.807) is 0 Å². The van der Waals surface area contributed by atoms with Crippen molar-refractivity contribution in [2.24, 2.45) is 0 Å². The molecule has 0 radical (unpaired) electrons. The molecule has 0 saturated heterocycles. The lowest BCUT2D eigenvalue weighted by Crippen LogP contribution is -2.09. The molecule has 140 valence electrons. The second kappa shape index (κ2) is 9.67. The summed E-state index contributed by atoms with van der Waals surface area (Å²) >= 11 is 0. The number of benzene rings is 3. The van der Waals surface area contributed by atoms with E-state index in [0.29, 0.717) is 19.1 Å². The van der Waals surface area contributed by atoms with Gasteiger partial charge in [-0.25, -0.2) is 0 Å². The molecule has 0 bridgehead atoms. The molecule has 0 unspecified atom stereocenters. The van der Waals surface area contributed by atoms with Crippen LogP contribution in [0.3, 0.4) is 0 Å². The van der Waals surface area contributed by atoms with Crippen LogP contribution in [0.1, 0.15) is 30.9 Å². The Morgan fingerprint density at radius 3 is 2.11 bits per heavy atom. The monoisotopic (exact) mass is 361 g/mol. The zero-order valence-corrected chi connectivity index (χ0v) is 16.0. The normalized spacial score (nSPS) is 10.6. The molecule has 0 aromatic heterocycles. The molecule has 1 N–H and O–H groups in total. The van der Waals surface area contributed by atoms with Crippen LogP contribution in [0, 0.1) is 0 Å². The minimum atomic E-state index is 0.509. The summed E-state index contributed by atoms with van der Waals surface area (Å²) in [7, 11) is 0. The van der Waals surface area contributed by atoms with Gasteiger partial charge in [0.05, 0.1) is 0 Å². The summed E-state index contributed by atoms with van der Waals surface area (Å²) in [6.07, 6.45) is 0. The van der Waals surface area contributed by atoms with Gasteiger partial charge in [-0.1, -0.05) is 62.4 Å². The third-order valence-corrected chi connectivity index (χ3v) is 4.34. The number of rotatable bonds is 9. The number of anilines is 1. The molecule has 0 fully saturated rings. The highest BCUT2D eigenvalue weighted by Crippen LogP contribution is 2.19. The first-order valence-corrected chi connectivity index (χ1v) is 9.44. The lowest BCUT2D eigenvalue weighted by atomic mass is 10.0. The van der Waals surface area contributed by atoms with Gasteiger partial charge in [0, 0.05) is 18.3 Å². The first-order valence-electron chi connectivity index (χ1n) is 9.44. The molecule has 3 aromatic rings. The van der Waals surface area contributed by atoms with E-state index in [0.717, 1.165) is 23.7 Å². The van der Waals surface area contributed by atoms with E-state index in [9.17, 15) is 0 Å². The van der Waals surface area contributed by atoms with Crippen LogP contribution in [0.5, 0.6) is 11.5 Å². The Balaban J connectivity index is 1.45. The van der Waals surface area contributed by atoms with Crippen molar-refractivity contribution in [1.82, 2.24) is 0 Å². The van der Waals surface area contributed by atoms with E-state index in [2.05, 4.69) is 49.5 Å². The number of hydrogen-bond donors (Lipinski definition) is 1. The van der Waals surface area contributed by atoms with Crippen LogP contribution >= 0.6 is 0 Å². The van der Waals surface area contributed by atoms with Crippen LogP contribution in [-0.2, 0) is 6.54 Å². The van der Waals surface area contributed by atoms with Crippen molar-refractivity contribution in [2.75, 3.05) is 18.5 Å². The molecule has 0 aliphatic carbocycles. The summed E-state index contributed by atoms with van der Waals surface area (Å²) in [6.45, 7) is 6.24. The Morgan fingerprint density at radius 1 is 0.741 bits per heavy atom. The van der Waals surface area contributed by atoms with E-state index in [-0.39, 0.29) is 0 Å². The Hall–Kier alpha value is -2.94. The highest BCUT2D eigenvalue weighted by Gasteiger charge is 2.01. The van der Waals surface area contributed by atoms with Gasteiger partial charge in [0.1, 0.15) is 24.7 Å². The van der Waals surface area contributed by atoms with E-state index >= 15 is 0 Å². The van der Waals surface area contributed by atoms with Crippen molar-refractivity contribution >= 4 is 5.69 Å². The van der Waals surface area contributed by atoms with Gasteiger partial charge in [-0.3, -0.25) is 0 Å². The van der Waals surface area contributed by atoms with Gasteiger partial charge in [0.25, 0.3) is 0 Å². The van der Waals surface area contributed by atoms with Crippen LogP contribution in [0.25, 0.3) is 0 Å². The standard InChI is InChI=1S/C24H27NO2/c1-19(2)21-13-11-20(12-14-21)18-25-22-7-6-10-24(17-22)27-16-15-26-23-8-4-3-5-9-23/h3-14,17,19,25H,15-16,18H2,1-2H3. The van der Waals surface area contributed by atoms with Crippen LogP contribution in [0.2, 0.25) is 0 Å². The summed E-state index contributed by atoms with van der Waals surface area (Å²) < 4.78 is 11.4. The zero-order chi connectivity index (χ0) is 18.9. The van der Waals surface area contributed by atoms with Crippen LogP contribution < -0.4 is 14.8 Å². The smallest absolute Gasteiger partial charge is 0.122 e. The Morgan fingerprint density at radius 2 is 1.41 bits per heavy atom. The summed E-state index contributed by atoms with van der Waals surface area (Å²) in [5, 5.41) is 3.46. The molecule has 3 aromatic carbocycles.